The Bertz CT molecular complexity index is 437. The highest BCUT2D eigenvalue weighted by molar-refractivity contribution is 5.33. The van der Waals surface area contributed by atoms with E-state index < -0.39 is 0 Å². The maximum absolute atomic E-state index is 5.94. The first-order valence-corrected chi connectivity index (χ1v) is 7.77. The molecule has 0 fully saturated rings. The van der Waals surface area contributed by atoms with E-state index in [9.17, 15) is 0 Å². The average Bonchev–Trinajstić information content (AvgIpc) is 2.46. The molecule has 0 bridgehead atoms. The van der Waals surface area contributed by atoms with Crippen LogP contribution in [0, 0.1) is 12.3 Å². The average molecular weight is 288 g/mol. The van der Waals surface area contributed by atoms with Crippen molar-refractivity contribution < 1.29 is 4.74 Å². The van der Waals surface area contributed by atoms with Gasteiger partial charge in [-0.3, -0.25) is 4.90 Å². The highest BCUT2D eigenvalue weighted by atomic mass is 16.5. The van der Waals surface area contributed by atoms with Gasteiger partial charge >= 0.3 is 0 Å². The van der Waals surface area contributed by atoms with Crippen molar-refractivity contribution in [2.24, 2.45) is 0 Å². The van der Waals surface area contributed by atoms with Crippen LogP contribution in [0.2, 0.25) is 0 Å². The van der Waals surface area contributed by atoms with Gasteiger partial charge in [-0.1, -0.05) is 44.9 Å². The second-order valence-electron chi connectivity index (χ2n) is 5.47. The fourth-order valence-electron chi connectivity index (χ4n) is 2.10. The standard InChI is InChI=1S/C18H28N2O/c1-5-11-20(12-6-2)13-14-21-18-10-8-7-9-17(18)15-19-16(3)4/h1,7-10,16,19H,6,11-15H2,2-4H3. The van der Waals surface area contributed by atoms with Crippen LogP contribution in [0.15, 0.2) is 24.3 Å². The molecule has 3 nitrogen and oxygen atoms in total. The van der Waals surface area contributed by atoms with Gasteiger partial charge in [-0.2, -0.15) is 0 Å². The number of benzene rings is 1. The van der Waals surface area contributed by atoms with Crippen molar-refractivity contribution in [3.8, 4) is 18.1 Å². The summed E-state index contributed by atoms with van der Waals surface area (Å²) in [4.78, 5) is 2.25. The Morgan fingerprint density at radius 3 is 2.71 bits per heavy atom. The highest BCUT2D eigenvalue weighted by Crippen LogP contribution is 2.17. The Balaban J connectivity index is 2.48. The number of hydrogen-bond donors (Lipinski definition) is 1. The lowest BCUT2D eigenvalue weighted by Crippen LogP contribution is -2.30. The minimum absolute atomic E-state index is 0.466. The molecule has 1 aromatic carbocycles. The van der Waals surface area contributed by atoms with Crippen molar-refractivity contribution in [2.45, 2.75) is 39.8 Å². The summed E-state index contributed by atoms with van der Waals surface area (Å²) in [6, 6.07) is 8.66. The lowest BCUT2D eigenvalue weighted by Gasteiger charge is -2.20. The fourth-order valence-corrected chi connectivity index (χ4v) is 2.10. The smallest absolute Gasteiger partial charge is 0.123 e. The fraction of sp³-hybridized carbons (Fsp3) is 0.556. The van der Waals surface area contributed by atoms with Crippen LogP contribution in [0.4, 0.5) is 0 Å². The molecule has 1 aromatic rings. The zero-order chi connectivity index (χ0) is 15.5. The molecule has 0 saturated heterocycles. The Morgan fingerprint density at radius 2 is 2.05 bits per heavy atom. The first-order valence-electron chi connectivity index (χ1n) is 7.77. The Hall–Kier alpha value is -1.50. The van der Waals surface area contributed by atoms with Gasteiger partial charge in [0.05, 0.1) is 6.54 Å². The second-order valence-corrected chi connectivity index (χ2v) is 5.47. The van der Waals surface area contributed by atoms with Crippen LogP contribution in [0.5, 0.6) is 5.75 Å². The molecular weight excluding hydrogens is 260 g/mol. The Kier molecular flexibility index (Phi) is 8.57. The van der Waals surface area contributed by atoms with Crippen LogP contribution in [0.3, 0.4) is 0 Å². The zero-order valence-corrected chi connectivity index (χ0v) is 13.6. The molecule has 0 unspecified atom stereocenters. The van der Waals surface area contributed by atoms with Gasteiger partial charge < -0.3 is 10.1 Å². The second kappa shape index (κ2) is 10.3. The maximum atomic E-state index is 5.94. The van der Waals surface area contributed by atoms with Crippen LogP contribution in [-0.2, 0) is 6.54 Å². The molecule has 21 heavy (non-hydrogen) atoms. The maximum Gasteiger partial charge on any atom is 0.123 e. The Labute approximate surface area is 129 Å². The molecule has 0 aromatic heterocycles. The normalized spacial score (nSPS) is 10.9. The predicted octanol–water partition coefficient (Wildman–Crippen LogP) is 2.91. The number of nitrogens with one attached hydrogen (secondary N) is 1. The van der Waals surface area contributed by atoms with Gasteiger partial charge in [0.25, 0.3) is 0 Å². The monoisotopic (exact) mass is 288 g/mol. The van der Waals surface area contributed by atoms with E-state index in [2.05, 4.69) is 43.0 Å². The summed E-state index contributed by atoms with van der Waals surface area (Å²) in [6.45, 7) is 10.5. The van der Waals surface area contributed by atoms with Crippen LogP contribution < -0.4 is 10.1 Å². The number of para-hydroxylation sites is 1. The first kappa shape index (κ1) is 17.6. The molecular formula is C18H28N2O. The molecule has 3 heteroatoms. The van der Waals surface area contributed by atoms with Gasteiger partial charge in [-0.15, -0.1) is 6.42 Å². The molecule has 0 aliphatic carbocycles. The molecule has 0 saturated carbocycles. The molecule has 0 atom stereocenters. The summed E-state index contributed by atoms with van der Waals surface area (Å²) in [6.07, 6.45) is 6.50. The van der Waals surface area contributed by atoms with Crippen molar-refractivity contribution in [1.29, 1.82) is 0 Å². The molecule has 0 radical (unpaired) electrons. The van der Waals surface area contributed by atoms with Gasteiger partial charge in [-0.25, -0.2) is 0 Å². The summed E-state index contributed by atoms with van der Waals surface area (Å²) < 4.78 is 5.94. The van der Waals surface area contributed by atoms with Crippen LogP contribution in [0.1, 0.15) is 32.8 Å². The van der Waals surface area contributed by atoms with E-state index in [1.165, 1.54) is 5.56 Å². The minimum atomic E-state index is 0.466. The van der Waals surface area contributed by atoms with Gasteiger partial charge in [0.1, 0.15) is 12.4 Å². The summed E-state index contributed by atoms with van der Waals surface area (Å²) in [5, 5.41) is 3.43. The van der Waals surface area contributed by atoms with E-state index in [1.54, 1.807) is 0 Å². The van der Waals surface area contributed by atoms with Gasteiger partial charge in [0.15, 0.2) is 0 Å². The van der Waals surface area contributed by atoms with Crippen LogP contribution >= 0.6 is 0 Å². The van der Waals surface area contributed by atoms with Crippen LogP contribution in [-0.4, -0.2) is 37.2 Å². The van der Waals surface area contributed by atoms with E-state index in [1.807, 2.05) is 18.2 Å². The summed E-state index contributed by atoms with van der Waals surface area (Å²) >= 11 is 0. The minimum Gasteiger partial charge on any atom is -0.492 e. The summed E-state index contributed by atoms with van der Waals surface area (Å²) in [7, 11) is 0. The molecule has 0 amide bonds. The number of terminal acetylenes is 1. The van der Waals surface area contributed by atoms with E-state index in [0.29, 0.717) is 19.2 Å². The quantitative estimate of drug-likeness (QED) is 0.670. The number of ether oxygens (including phenoxy) is 1. The van der Waals surface area contributed by atoms with E-state index in [4.69, 9.17) is 11.2 Å². The molecule has 0 heterocycles. The molecule has 0 aliphatic heterocycles. The molecule has 0 aliphatic rings. The first-order chi connectivity index (χ1) is 10.2. The highest BCUT2D eigenvalue weighted by Gasteiger charge is 2.06. The van der Waals surface area contributed by atoms with Crippen LogP contribution in [0.25, 0.3) is 0 Å². The zero-order valence-electron chi connectivity index (χ0n) is 13.6. The van der Waals surface area contributed by atoms with E-state index >= 15 is 0 Å². The third-order valence-corrected chi connectivity index (χ3v) is 3.19. The number of rotatable bonds is 10. The van der Waals surface area contributed by atoms with Crippen molar-refractivity contribution in [2.75, 3.05) is 26.2 Å². The topological polar surface area (TPSA) is 24.5 Å². The largest absolute Gasteiger partial charge is 0.492 e. The van der Waals surface area contributed by atoms with Gasteiger partial charge in [-0.05, 0) is 19.0 Å². The van der Waals surface area contributed by atoms with E-state index in [-0.39, 0.29) is 0 Å². The molecule has 0 spiro atoms. The Morgan fingerprint density at radius 1 is 1.29 bits per heavy atom. The molecule has 1 N–H and O–H groups in total. The predicted molar refractivity (Wildman–Crippen MR) is 89.5 cm³/mol. The molecule has 116 valence electrons. The summed E-state index contributed by atoms with van der Waals surface area (Å²) in [5.74, 6) is 3.67. The van der Waals surface area contributed by atoms with Crippen molar-refractivity contribution in [1.82, 2.24) is 10.2 Å². The van der Waals surface area contributed by atoms with Gasteiger partial charge in [0, 0.05) is 24.7 Å². The van der Waals surface area contributed by atoms with Gasteiger partial charge in [0.2, 0.25) is 0 Å². The third kappa shape index (κ3) is 7.17. The van der Waals surface area contributed by atoms with Crippen molar-refractivity contribution in [3.63, 3.8) is 0 Å². The lowest BCUT2D eigenvalue weighted by molar-refractivity contribution is 0.223. The van der Waals surface area contributed by atoms with E-state index in [0.717, 1.165) is 31.8 Å². The third-order valence-electron chi connectivity index (χ3n) is 3.19. The lowest BCUT2D eigenvalue weighted by atomic mass is 10.2. The van der Waals surface area contributed by atoms with Crippen molar-refractivity contribution in [3.05, 3.63) is 29.8 Å². The van der Waals surface area contributed by atoms with Crippen molar-refractivity contribution >= 4 is 0 Å². The number of nitrogens with zero attached hydrogens (tertiary/aromatic N) is 1. The summed E-state index contributed by atoms with van der Waals surface area (Å²) in [5.41, 5.74) is 1.20. The number of hydrogen-bond acceptors (Lipinski definition) is 3. The molecule has 1 rings (SSSR count). The SMILES string of the molecule is C#CCN(CCC)CCOc1ccccc1CNC(C)C.